The van der Waals surface area contributed by atoms with Gasteiger partial charge in [-0.1, -0.05) is 17.7 Å². The van der Waals surface area contributed by atoms with E-state index in [1.54, 1.807) is 12.1 Å². The molecule has 0 heterocycles. The van der Waals surface area contributed by atoms with Crippen LogP contribution in [-0.4, -0.2) is 5.11 Å². The summed E-state index contributed by atoms with van der Waals surface area (Å²) in [5, 5.41) is 12.3. The zero-order valence-corrected chi connectivity index (χ0v) is 12.9. The van der Waals surface area contributed by atoms with E-state index < -0.39 is 11.7 Å². The fourth-order valence-electron chi connectivity index (χ4n) is 1.72. The van der Waals surface area contributed by atoms with Gasteiger partial charge in [-0.3, -0.25) is 0 Å². The van der Waals surface area contributed by atoms with E-state index in [0.29, 0.717) is 11.0 Å². The molecule has 0 amide bonds. The normalized spacial score (nSPS) is 11.5. The van der Waals surface area contributed by atoms with Gasteiger partial charge in [-0.25, -0.2) is 0 Å². The predicted molar refractivity (Wildman–Crippen MR) is 79.6 cm³/mol. The topological polar surface area (TPSA) is 32.3 Å². The first-order valence-corrected chi connectivity index (χ1v) is 7.02. The van der Waals surface area contributed by atoms with Crippen molar-refractivity contribution >= 4 is 33.2 Å². The zero-order chi connectivity index (χ0) is 15.6. The highest BCUT2D eigenvalue weighted by Crippen LogP contribution is 2.33. The van der Waals surface area contributed by atoms with Crippen molar-refractivity contribution in [1.82, 2.24) is 0 Å². The van der Waals surface area contributed by atoms with Crippen LogP contribution in [0.25, 0.3) is 0 Å². The molecule has 0 unspecified atom stereocenters. The molecule has 2 aromatic carbocycles. The van der Waals surface area contributed by atoms with Crippen molar-refractivity contribution in [3.63, 3.8) is 0 Å². The molecule has 2 nitrogen and oxygen atoms in total. The summed E-state index contributed by atoms with van der Waals surface area (Å²) in [6, 6.07) is 8.15. The van der Waals surface area contributed by atoms with Crippen LogP contribution in [-0.2, 0) is 12.7 Å². The molecule has 0 aromatic heterocycles. The third-order valence-electron chi connectivity index (χ3n) is 2.73. The van der Waals surface area contributed by atoms with Crippen LogP contribution in [0.5, 0.6) is 5.75 Å². The number of phenols is 1. The predicted octanol–water partition coefficient (Wildman–Crippen LogP) is 5.44. The van der Waals surface area contributed by atoms with Gasteiger partial charge in [-0.15, -0.1) is 0 Å². The average Bonchev–Trinajstić information content (AvgIpc) is 2.38. The Morgan fingerprint density at radius 2 is 1.86 bits per heavy atom. The molecule has 112 valence electrons. The van der Waals surface area contributed by atoms with Gasteiger partial charge in [0.2, 0.25) is 0 Å². The minimum atomic E-state index is -4.44. The molecule has 7 heteroatoms. The SMILES string of the molecule is Oc1ccc(CNc2cc(Cl)cc(C(F)(F)F)c2)cc1Br. The van der Waals surface area contributed by atoms with E-state index in [2.05, 4.69) is 21.2 Å². The van der Waals surface area contributed by atoms with E-state index in [0.717, 1.165) is 17.7 Å². The van der Waals surface area contributed by atoms with E-state index in [1.807, 2.05) is 0 Å². The van der Waals surface area contributed by atoms with Crippen molar-refractivity contribution in [2.45, 2.75) is 12.7 Å². The van der Waals surface area contributed by atoms with Crippen molar-refractivity contribution in [2.75, 3.05) is 5.32 Å². The number of hydrogen-bond donors (Lipinski definition) is 2. The molecule has 0 aliphatic heterocycles. The minimum Gasteiger partial charge on any atom is -0.507 e. The summed E-state index contributed by atoms with van der Waals surface area (Å²) in [5.41, 5.74) is 0.275. The van der Waals surface area contributed by atoms with Crippen LogP contribution < -0.4 is 5.32 Å². The number of alkyl halides is 3. The number of rotatable bonds is 3. The molecule has 0 atom stereocenters. The second-order valence-corrected chi connectivity index (χ2v) is 5.66. The van der Waals surface area contributed by atoms with E-state index >= 15 is 0 Å². The third kappa shape index (κ3) is 4.28. The highest BCUT2D eigenvalue weighted by Gasteiger charge is 2.31. The van der Waals surface area contributed by atoms with Crippen LogP contribution in [0.3, 0.4) is 0 Å². The lowest BCUT2D eigenvalue weighted by atomic mass is 10.1. The number of halogens is 5. The summed E-state index contributed by atoms with van der Waals surface area (Å²) >= 11 is 8.88. The van der Waals surface area contributed by atoms with Gasteiger partial charge in [0.1, 0.15) is 5.75 Å². The van der Waals surface area contributed by atoms with Crippen molar-refractivity contribution in [3.8, 4) is 5.75 Å². The van der Waals surface area contributed by atoms with Gasteiger partial charge < -0.3 is 10.4 Å². The van der Waals surface area contributed by atoms with Gasteiger partial charge in [0.25, 0.3) is 0 Å². The monoisotopic (exact) mass is 379 g/mol. The first-order chi connectivity index (χ1) is 9.75. The van der Waals surface area contributed by atoms with Gasteiger partial charge in [-0.2, -0.15) is 13.2 Å². The molecule has 0 bridgehead atoms. The van der Waals surface area contributed by atoms with Crippen molar-refractivity contribution in [2.24, 2.45) is 0 Å². The molecule has 21 heavy (non-hydrogen) atoms. The Morgan fingerprint density at radius 1 is 1.14 bits per heavy atom. The largest absolute Gasteiger partial charge is 0.507 e. The maximum atomic E-state index is 12.7. The third-order valence-corrected chi connectivity index (χ3v) is 3.59. The Balaban J connectivity index is 2.16. The first-order valence-electron chi connectivity index (χ1n) is 5.85. The number of anilines is 1. The van der Waals surface area contributed by atoms with Gasteiger partial charge in [0.05, 0.1) is 10.0 Å². The summed E-state index contributed by atoms with van der Waals surface area (Å²) in [7, 11) is 0. The van der Waals surface area contributed by atoms with Crippen molar-refractivity contribution < 1.29 is 18.3 Å². The van der Waals surface area contributed by atoms with Crippen molar-refractivity contribution in [3.05, 3.63) is 57.0 Å². The number of aromatic hydroxyl groups is 1. The van der Waals surface area contributed by atoms with Crippen LogP contribution in [0.15, 0.2) is 40.9 Å². The maximum absolute atomic E-state index is 12.7. The zero-order valence-electron chi connectivity index (χ0n) is 10.5. The van der Waals surface area contributed by atoms with Gasteiger partial charge in [0, 0.05) is 17.3 Å². The lowest BCUT2D eigenvalue weighted by Crippen LogP contribution is -2.06. The molecular weight excluding hydrogens is 371 g/mol. The van der Waals surface area contributed by atoms with Crippen LogP contribution in [0.4, 0.5) is 18.9 Å². The van der Waals surface area contributed by atoms with E-state index in [-0.39, 0.29) is 16.5 Å². The van der Waals surface area contributed by atoms with Crippen LogP contribution in [0.2, 0.25) is 5.02 Å². The summed E-state index contributed by atoms with van der Waals surface area (Å²) < 4.78 is 38.6. The summed E-state index contributed by atoms with van der Waals surface area (Å²) in [6.07, 6.45) is -4.44. The Kier molecular flexibility index (Phi) is 4.68. The van der Waals surface area contributed by atoms with Crippen molar-refractivity contribution in [1.29, 1.82) is 0 Å². The number of nitrogens with one attached hydrogen (secondary N) is 1. The highest BCUT2D eigenvalue weighted by molar-refractivity contribution is 9.10. The van der Waals surface area contributed by atoms with Gasteiger partial charge in [0.15, 0.2) is 0 Å². The first kappa shape index (κ1) is 16.0. The molecule has 0 fully saturated rings. The fraction of sp³-hybridized carbons (Fsp3) is 0.143. The lowest BCUT2D eigenvalue weighted by Gasteiger charge is -2.12. The quantitative estimate of drug-likeness (QED) is 0.743. The van der Waals surface area contributed by atoms with E-state index in [1.165, 1.54) is 12.1 Å². The second-order valence-electron chi connectivity index (χ2n) is 4.37. The summed E-state index contributed by atoms with van der Waals surface area (Å²) in [4.78, 5) is 0. The molecule has 0 aliphatic rings. The molecule has 0 aliphatic carbocycles. The molecule has 2 aromatic rings. The average molecular weight is 381 g/mol. The van der Waals surface area contributed by atoms with Crippen LogP contribution in [0.1, 0.15) is 11.1 Å². The Labute approximate surface area is 132 Å². The minimum absolute atomic E-state index is 0.0132. The Morgan fingerprint density at radius 3 is 2.48 bits per heavy atom. The molecule has 0 radical (unpaired) electrons. The second kappa shape index (κ2) is 6.15. The molecule has 0 spiro atoms. The summed E-state index contributed by atoms with van der Waals surface area (Å²) in [6.45, 7) is 0.302. The van der Waals surface area contributed by atoms with Crippen LogP contribution in [0, 0.1) is 0 Å². The van der Waals surface area contributed by atoms with E-state index in [9.17, 15) is 18.3 Å². The van der Waals surface area contributed by atoms with Gasteiger partial charge in [-0.05, 0) is 51.8 Å². The smallest absolute Gasteiger partial charge is 0.416 e. The number of hydrogen-bond acceptors (Lipinski definition) is 2. The Bertz CT molecular complexity index is 661. The molecule has 0 saturated carbocycles. The molecule has 0 saturated heterocycles. The molecule has 2 rings (SSSR count). The maximum Gasteiger partial charge on any atom is 0.416 e. The lowest BCUT2D eigenvalue weighted by molar-refractivity contribution is -0.137. The molecular formula is C14H10BrClF3NO. The van der Waals surface area contributed by atoms with Gasteiger partial charge >= 0.3 is 6.18 Å². The Hall–Kier alpha value is -1.40. The summed E-state index contributed by atoms with van der Waals surface area (Å²) in [5.74, 6) is 0.0980. The number of benzene rings is 2. The van der Waals surface area contributed by atoms with E-state index in [4.69, 9.17) is 11.6 Å². The molecule has 2 N–H and O–H groups in total. The fourth-order valence-corrected chi connectivity index (χ4v) is 2.38. The van der Waals surface area contributed by atoms with Crippen LogP contribution >= 0.6 is 27.5 Å². The standard InChI is InChI=1S/C14H10BrClF3NO/c15-12-3-8(1-2-13(12)21)7-20-11-5-9(14(17,18)19)4-10(16)6-11/h1-6,20-21H,7H2. The number of phenolic OH excluding ortho intramolecular Hbond substituents is 1. The highest BCUT2D eigenvalue weighted by atomic mass is 79.9.